The molecular formula is C13H14F2N4O6S2. The summed E-state index contributed by atoms with van der Waals surface area (Å²) >= 11 is 0. The van der Waals surface area contributed by atoms with Crippen molar-refractivity contribution in [3.8, 4) is 0 Å². The van der Waals surface area contributed by atoms with Crippen LogP contribution in [-0.2, 0) is 24.4 Å². The van der Waals surface area contributed by atoms with Crippen molar-refractivity contribution in [3.05, 3.63) is 42.5 Å². The van der Waals surface area contributed by atoms with E-state index in [2.05, 4.69) is 19.1 Å². The highest BCUT2D eigenvalue weighted by atomic mass is 32.3. The number of para-hydroxylation sites is 1. The molecule has 148 valence electrons. The quantitative estimate of drug-likeness (QED) is 0.567. The van der Waals surface area contributed by atoms with Crippen molar-refractivity contribution in [2.45, 2.75) is 0 Å². The Hall–Kier alpha value is -2.29. The van der Waals surface area contributed by atoms with Crippen LogP contribution >= 0.6 is 0 Å². The summed E-state index contributed by atoms with van der Waals surface area (Å²) in [5.74, 6) is -1.67. The highest BCUT2D eigenvalue weighted by molar-refractivity contribution is 7.91. The summed E-state index contributed by atoms with van der Waals surface area (Å²) in [5.41, 5.74) is 0.367. The van der Waals surface area contributed by atoms with Crippen LogP contribution in [0.1, 0.15) is 0 Å². The van der Waals surface area contributed by atoms with E-state index in [4.69, 9.17) is 4.55 Å². The Labute approximate surface area is 153 Å². The van der Waals surface area contributed by atoms with Crippen LogP contribution in [0.15, 0.2) is 30.3 Å². The number of nitrogens with zero attached hydrogens (tertiary/aromatic N) is 4. The average Bonchev–Trinajstić information content (AvgIpc) is 2.53. The second kappa shape index (κ2) is 8.60. The topological polar surface area (TPSA) is 140 Å². The molecule has 27 heavy (non-hydrogen) atoms. The molecule has 0 bridgehead atoms. The Morgan fingerprint density at radius 1 is 0.963 bits per heavy atom. The third-order valence-corrected chi connectivity index (χ3v) is 5.19. The number of halogens is 2. The molecule has 2 aromatic rings. The molecule has 1 aromatic heterocycles. The SMILES string of the molecule is O=S(=O)(CCOS(=O)(=O)O)CCN(c1ccccc1)c1nc(F)nc(F)n1. The van der Waals surface area contributed by atoms with Crippen molar-refractivity contribution in [1.82, 2.24) is 15.0 Å². The number of aromatic nitrogens is 3. The molecular weight excluding hydrogens is 410 g/mol. The van der Waals surface area contributed by atoms with Gasteiger partial charge < -0.3 is 4.90 Å². The molecule has 1 aromatic carbocycles. The van der Waals surface area contributed by atoms with Gasteiger partial charge in [-0.3, -0.25) is 4.55 Å². The van der Waals surface area contributed by atoms with Crippen LogP contribution in [0.3, 0.4) is 0 Å². The van der Waals surface area contributed by atoms with Crippen LogP contribution in [0.25, 0.3) is 0 Å². The van der Waals surface area contributed by atoms with Gasteiger partial charge in [-0.15, -0.1) is 0 Å². The van der Waals surface area contributed by atoms with E-state index in [0.717, 1.165) is 4.90 Å². The lowest BCUT2D eigenvalue weighted by Gasteiger charge is -2.22. The lowest BCUT2D eigenvalue weighted by Crippen LogP contribution is -2.29. The first kappa shape index (κ1) is 21.0. The maximum Gasteiger partial charge on any atom is 0.397 e. The van der Waals surface area contributed by atoms with E-state index in [9.17, 15) is 25.6 Å². The van der Waals surface area contributed by atoms with Gasteiger partial charge in [-0.2, -0.15) is 32.2 Å². The lowest BCUT2D eigenvalue weighted by atomic mass is 10.3. The molecule has 1 N–H and O–H groups in total. The molecule has 0 aliphatic carbocycles. The summed E-state index contributed by atoms with van der Waals surface area (Å²) in [6, 6.07) is 8.01. The van der Waals surface area contributed by atoms with Gasteiger partial charge in [-0.25, -0.2) is 12.6 Å². The van der Waals surface area contributed by atoms with E-state index in [0.29, 0.717) is 5.69 Å². The monoisotopic (exact) mass is 424 g/mol. The van der Waals surface area contributed by atoms with Crippen molar-refractivity contribution in [1.29, 1.82) is 0 Å². The molecule has 0 aliphatic heterocycles. The molecule has 1 heterocycles. The van der Waals surface area contributed by atoms with E-state index in [1.165, 1.54) is 0 Å². The molecule has 0 unspecified atom stereocenters. The fourth-order valence-electron chi connectivity index (χ4n) is 1.99. The first-order valence-corrected chi connectivity index (χ1v) is 10.5. The standard InChI is InChI=1S/C13H14F2N4O6S2/c14-11-16-12(15)18-13(17-11)19(10-4-2-1-3-5-10)6-8-26(20,21)9-7-25-27(22,23)24/h1-5H,6-9H2,(H,22,23,24). The zero-order valence-corrected chi connectivity index (χ0v) is 15.2. The third-order valence-electron chi connectivity index (χ3n) is 3.13. The molecule has 10 nitrogen and oxygen atoms in total. The summed E-state index contributed by atoms with van der Waals surface area (Å²) in [4.78, 5) is 10.7. The largest absolute Gasteiger partial charge is 0.397 e. The summed E-state index contributed by atoms with van der Waals surface area (Å²) in [7, 11) is -8.59. The normalized spacial score (nSPS) is 12.1. The van der Waals surface area contributed by atoms with Crippen LogP contribution in [0.4, 0.5) is 20.4 Å². The summed E-state index contributed by atoms with van der Waals surface area (Å²) in [6.45, 7) is -1.07. The predicted octanol–water partition coefficient (Wildman–Crippen LogP) is 0.522. The van der Waals surface area contributed by atoms with E-state index in [1.807, 2.05) is 0 Å². The van der Waals surface area contributed by atoms with Crippen LogP contribution in [0.2, 0.25) is 0 Å². The average molecular weight is 424 g/mol. The van der Waals surface area contributed by atoms with Crippen molar-refractivity contribution in [2.75, 3.05) is 29.6 Å². The number of benzene rings is 1. The van der Waals surface area contributed by atoms with Crippen molar-refractivity contribution in [2.24, 2.45) is 0 Å². The molecule has 0 atom stereocenters. The fraction of sp³-hybridized carbons (Fsp3) is 0.308. The van der Waals surface area contributed by atoms with Gasteiger partial charge >= 0.3 is 22.6 Å². The van der Waals surface area contributed by atoms with Gasteiger partial charge in [0.25, 0.3) is 0 Å². The van der Waals surface area contributed by atoms with E-state index in [1.54, 1.807) is 30.3 Å². The third kappa shape index (κ3) is 7.09. The molecule has 0 aliphatic rings. The zero-order chi connectivity index (χ0) is 20.1. The van der Waals surface area contributed by atoms with Gasteiger partial charge in [0.15, 0.2) is 9.84 Å². The van der Waals surface area contributed by atoms with Gasteiger partial charge in [-0.1, -0.05) is 18.2 Å². The maximum atomic E-state index is 13.3. The molecule has 0 fully saturated rings. The van der Waals surface area contributed by atoms with Crippen LogP contribution in [0, 0.1) is 12.2 Å². The molecule has 0 amide bonds. The minimum absolute atomic E-state index is 0.291. The van der Waals surface area contributed by atoms with E-state index in [-0.39, 0.29) is 6.54 Å². The number of hydrogen-bond donors (Lipinski definition) is 1. The Morgan fingerprint density at radius 2 is 1.56 bits per heavy atom. The molecule has 2 rings (SSSR count). The smallest absolute Gasteiger partial charge is 0.309 e. The van der Waals surface area contributed by atoms with Crippen molar-refractivity contribution in [3.63, 3.8) is 0 Å². The van der Waals surface area contributed by atoms with Crippen molar-refractivity contribution < 1.29 is 34.4 Å². The van der Waals surface area contributed by atoms with Gasteiger partial charge in [0, 0.05) is 12.2 Å². The summed E-state index contributed by atoms with van der Waals surface area (Å²) < 4.78 is 84.0. The van der Waals surface area contributed by atoms with Gasteiger partial charge in [0.2, 0.25) is 5.95 Å². The first-order valence-electron chi connectivity index (χ1n) is 7.28. The second-order valence-corrected chi connectivity index (χ2v) is 8.46. The van der Waals surface area contributed by atoms with Crippen molar-refractivity contribution >= 4 is 31.9 Å². The number of anilines is 2. The molecule has 0 spiro atoms. The number of rotatable bonds is 9. The van der Waals surface area contributed by atoms with Gasteiger partial charge in [0.05, 0.1) is 18.1 Å². The van der Waals surface area contributed by atoms with Crippen LogP contribution < -0.4 is 4.90 Å². The Morgan fingerprint density at radius 3 is 2.11 bits per heavy atom. The minimum atomic E-state index is -4.76. The first-order chi connectivity index (χ1) is 12.6. The molecule has 0 saturated carbocycles. The van der Waals surface area contributed by atoms with E-state index < -0.39 is 56.5 Å². The number of sulfone groups is 1. The lowest BCUT2D eigenvalue weighted by molar-refractivity contribution is 0.284. The fourth-order valence-corrected chi connectivity index (χ4v) is 3.39. The Bertz CT molecular complexity index is 969. The number of hydrogen-bond acceptors (Lipinski definition) is 9. The highest BCUT2D eigenvalue weighted by Crippen LogP contribution is 2.21. The Balaban J connectivity index is 2.18. The molecule has 0 saturated heterocycles. The predicted molar refractivity (Wildman–Crippen MR) is 89.3 cm³/mol. The molecule has 0 radical (unpaired) electrons. The molecule has 14 heteroatoms. The van der Waals surface area contributed by atoms with E-state index >= 15 is 0 Å². The Kier molecular flexibility index (Phi) is 6.69. The summed E-state index contributed by atoms with van der Waals surface area (Å²) in [6.07, 6.45) is -2.74. The summed E-state index contributed by atoms with van der Waals surface area (Å²) in [5, 5.41) is 0. The van der Waals surface area contributed by atoms with Gasteiger partial charge in [0.1, 0.15) is 0 Å². The van der Waals surface area contributed by atoms with Crippen LogP contribution in [-0.4, -0.2) is 61.0 Å². The minimum Gasteiger partial charge on any atom is -0.309 e. The van der Waals surface area contributed by atoms with Crippen LogP contribution in [0.5, 0.6) is 0 Å². The highest BCUT2D eigenvalue weighted by Gasteiger charge is 2.20. The van der Waals surface area contributed by atoms with Gasteiger partial charge in [-0.05, 0) is 12.1 Å². The second-order valence-electron chi connectivity index (χ2n) is 5.06. The maximum absolute atomic E-state index is 13.3. The zero-order valence-electron chi connectivity index (χ0n) is 13.6.